The second-order valence-corrected chi connectivity index (χ2v) is 7.30. The van der Waals surface area contributed by atoms with Crippen LogP contribution in [-0.4, -0.2) is 25.2 Å². The van der Waals surface area contributed by atoms with Crippen LogP contribution in [0.1, 0.15) is 41.5 Å². The van der Waals surface area contributed by atoms with Gasteiger partial charge in [-0.25, -0.2) is 0 Å². The van der Waals surface area contributed by atoms with Crippen LogP contribution in [0.5, 0.6) is 0 Å². The molecule has 2 aliphatic rings. The first-order chi connectivity index (χ1) is 10.8. The molecule has 23 heavy (non-hydrogen) atoms. The maximum absolute atomic E-state index is 12.6. The Kier molecular flexibility index (Phi) is 5.22. The van der Waals surface area contributed by atoms with E-state index in [0.29, 0.717) is 25.0 Å². The highest BCUT2D eigenvalue weighted by Gasteiger charge is 2.67. The number of hydrogen-bond acceptors (Lipinski definition) is 4. The van der Waals surface area contributed by atoms with Gasteiger partial charge in [-0.05, 0) is 42.9 Å². The van der Waals surface area contributed by atoms with Crippen molar-refractivity contribution in [1.29, 1.82) is 0 Å². The Balaban J connectivity index is 2.50. The molecule has 0 aliphatic heterocycles. The molecule has 2 rings (SSSR count). The van der Waals surface area contributed by atoms with Gasteiger partial charge in [0, 0.05) is 0 Å². The zero-order chi connectivity index (χ0) is 17.4. The van der Waals surface area contributed by atoms with Crippen molar-refractivity contribution >= 4 is 11.9 Å². The van der Waals surface area contributed by atoms with Crippen LogP contribution < -0.4 is 0 Å². The lowest BCUT2D eigenvalue weighted by Gasteiger charge is -2.43. The normalized spacial score (nSPS) is 31.0. The Morgan fingerprint density at radius 2 is 1.22 bits per heavy atom. The van der Waals surface area contributed by atoms with Crippen LogP contribution >= 0.6 is 0 Å². The highest BCUT2D eigenvalue weighted by molar-refractivity contribution is 5.85. The molecule has 130 valence electrons. The van der Waals surface area contributed by atoms with Crippen LogP contribution in [-0.2, 0) is 19.1 Å². The number of esters is 2. The van der Waals surface area contributed by atoms with E-state index in [-0.39, 0.29) is 29.2 Å². The Labute approximate surface area is 139 Å². The highest BCUT2D eigenvalue weighted by Crippen LogP contribution is 2.66. The van der Waals surface area contributed by atoms with E-state index < -0.39 is 11.8 Å². The number of carbonyl (C=O) groups excluding carboxylic acids is 2. The molecule has 1 fully saturated rings. The SMILES string of the molecule is CCOC(=O)C1C(C(=O)OCC)C2C=CC1C2(C(C)C)C(C)C. The van der Waals surface area contributed by atoms with Crippen molar-refractivity contribution in [3.05, 3.63) is 12.2 Å². The number of ether oxygens (including phenoxy) is 2. The minimum absolute atomic E-state index is 0.0426. The zero-order valence-electron chi connectivity index (χ0n) is 15.2. The summed E-state index contributed by atoms with van der Waals surface area (Å²) >= 11 is 0. The average Bonchev–Trinajstić information content (AvgIpc) is 2.99. The van der Waals surface area contributed by atoms with E-state index in [9.17, 15) is 9.59 Å². The van der Waals surface area contributed by atoms with Crippen molar-refractivity contribution in [2.75, 3.05) is 13.2 Å². The lowest BCUT2D eigenvalue weighted by molar-refractivity contribution is -0.160. The molecule has 0 saturated heterocycles. The number of hydrogen-bond donors (Lipinski definition) is 0. The van der Waals surface area contributed by atoms with Gasteiger partial charge in [0.2, 0.25) is 0 Å². The minimum Gasteiger partial charge on any atom is -0.466 e. The molecule has 4 nitrogen and oxygen atoms in total. The van der Waals surface area contributed by atoms with E-state index in [2.05, 4.69) is 39.8 Å². The first-order valence-electron chi connectivity index (χ1n) is 8.85. The molecule has 4 heteroatoms. The summed E-state index contributed by atoms with van der Waals surface area (Å²) < 4.78 is 10.6. The van der Waals surface area contributed by atoms with Crippen molar-refractivity contribution in [3.63, 3.8) is 0 Å². The van der Waals surface area contributed by atoms with Gasteiger partial charge in [-0.15, -0.1) is 0 Å². The van der Waals surface area contributed by atoms with E-state index in [1.807, 2.05) is 0 Å². The Bertz CT molecular complexity index is 448. The van der Waals surface area contributed by atoms with Crippen LogP contribution in [0.4, 0.5) is 0 Å². The zero-order valence-corrected chi connectivity index (χ0v) is 15.2. The molecule has 1 saturated carbocycles. The maximum atomic E-state index is 12.6. The first kappa shape index (κ1) is 18.0. The molecule has 0 aromatic heterocycles. The molecule has 0 aromatic rings. The topological polar surface area (TPSA) is 52.6 Å². The second-order valence-electron chi connectivity index (χ2n) is 7.30. The van der Waals surface area contributed by atoms with Gasteiger partial charge >= 0.3 is 11.9 Å². The van der Waals surface area contributed by atoms with Crippen molar-refractivity contribution in [1.82, 2.24) is 0 Å². The van der Waals surface area contributed by atoms with Gasteiger partial charge in [-0.2, -0.15) is 0 Å². The number of allylic oxidation sites excluding steroid dienone is 2. The summed E-state index contributed by atoms with van der Waals surface area (Å²) in [5.41, 5.74) is -0.0884. The van der Waals surface area contributed by atoms with Crippen molar-refractivity contribution in [2.45, 2.75) is 41.5 Å². The van der Waals surface area contributed by atoms with Crippen LogP contribution in [0.3, 0.4) is 0 Å². The quantitative estimate of drug-likeness (QED) is 0.555. The van der Waals surface area contributed by atoms with Gasteiger partial charge in [-0.3, -0.25) is 9.59 Å². The van der Waals surface area contributed by atoms with Crippen LogP contribution in [0.25, 0.3) is 0 Å². The van der Waals surface area contributed by atoms with Gasteiger partial charge < -0.3 is 9.47 Å². The molecule has 4 atom stereocenters. The first-order valence-corrected chi connectivity index (χ1v) is 8.85. The van der Waals surface area contributed by atoms with Crippen LogP contribution in [0.2, 0.25) is 0 Å². The predicted octanol–water partition coefficient (Wildman–Crippen LogP) is 3.46. The summed E-state index contributed by atoms with van der Waals surface area (Å²) in [7, 11) is 0. The third-order valence-electron chi connectivity index (χ3n) is 5.96. The molecule has 0 heterocycles. The Morgan fingerprint density at radius 3 is 1.48 bits per heavy atom. The number of rotatable bonds is 6. The van der Waals surface area contributed by atoms with E-state index >= 15 is 0 Å². The summed E-state index contributed by atoms with van der Waals surface area (Å²) in [5.74, 6) is -0.543. The van der Waals surface area contributed by atoms with Gasteiger partial charge in [0.25, 0.3) is 0 Å². The third-order valence-corrected chi connectivity index (χ3v) is 5.96. The van der Waals surface area contributed by atoms with Gasteiger partial charge in [-0.1, -0.05) is 39.8 Å². The lowest BCUT2D eigenvalue weighted by atomic mass is 9.60. The maximum Gasteiger partial charge on any atom is 0.310 e. The monoisotopic (exact) mass is 322 g/mol. The molecule has 0 amide bonds. The second kappa shape index (κ2) is 6.66. The van der Waals surface area contributed by atoms with Crippen molar-refractivity contribution in [2.24, 2.45) is 40.9 Å². The van der Waals surface area contributed by atoms with Crippen LogP contribution in [0, 0.1) is 40.9 Å². The van der Waals surface area contributed by atoms with E-state index in [0.717, 1.165) is 0 Å². The fraction of sp³-hybridized carbons (Fsp3) is 0.789. The largest absolute Gasteiger partial charge is 0.466 e. The number of fused-ring (bicyclic) bond motifs is 2. The summed E-state index contributed by atoms with van der Waals surface area (Å²) in [5, 5.41) is 0. The highest BCUT2D eigenvalue weighted by atomic mass is 16.5. The summed E-state index contributed by atoms with van der Waals surface area (Å²) in [6.07, 6.45) is 4.28. The average molecular weight is 322 g/mol. The van der Waals surface area contributed by atoms with Gasteiger partial charge in [0.1, 0.15) is 0 Å². The summed E-state index contributed by atoms with van der Waals surface area (Å²) in [6.45, 7) is 13.1. The molecule has 0 spiro atoms. The van der Waals surface area contributed by atoms with Crippen LogP contribution in [0.15, 0.2) is 12.2 Å². The molecule has 4 unspecified atom stereocenters. The smallest absolute Gasteiger partial charge is 0.310 e. The molecule has 0 aromatic carbocycles. The standard InChI is InChI=1S/C19H30O4/c1-7-22-17(20)15-13-9-10-14(16(15)18(21)23-8-2)19(13,11(3)4)12(5)6/h9-16H,7-8H2,1-6H3. The van der Waals surface area contributed by atoms with Crippen molar-refractivity contribution in [3.8, 4) is 0 Å². The minimum atomic E-state index is -0.422. The number of carbonyl (C=O) groups is 2. The third kappa shape index (κ3) is 2.50. The molecule has 2 bridgehead atoms. The van der Waals surface area contributed by atoms with E-state index in [1.165, 1.54) is 0 Å². The lowest BCUT2D eigenvalue weighted by Crippen LogP contribution is -2.40. The summed E-state index contributed by atoms with van der Waals surface area (Å²) in [4.78, 5) is 25.2. The van der Waals surface area contributed by atoms with E-state index in [4.69, 9.17) is 9.47 Å². The molecule has 0 N–H and O–H groups in total. The Hall–Kier alpha value is -1.32. The molecule has 2 aliphatic carbocycles. The van der Waals surface area contributed by atoms with Crippen molar-refractivity contribution < 1.29 is 19.1 Å². The molecular formula is C19H30O4. The Morgan fingerprint density at radius 1 is 0.870 bits per heavy atom. The van der Waals surface area contributed by atoms with Gasteiger partial charge in [0.15, 0.2) is 0 Å². The fourth-order valence-corrected chi connectivity index (χ4v) is 5.37. The van der Waals surface area contributed by atoms with Gasteiger partial charge in [0.05, 0.1) is 25.0 Å². The van der Waals surface area contributed by atoms with E-state index in [1.54, 1.807) is 13.8 Å². The molecule has 0 radical (unpaired) electrons. The molecular weight excluding hydrogens is 292 g/mol. The fourth-order valence-electron chi connectivity index (χ4n) is 5.37. The predicted molar refractivity (Wildman–Crippen MR) is 88.5 cm³/mol. The summed E-state index contributed by atoms with van der Waals surface area (Å²) in [6, 6.07) is 0.